The van der Waals surface area contributed by atoms with Crippen LogP contribution in [0.2, 0.25) is 10.0 Å². The molecule has 2 nitrogen and oxygen atoms in total. The molecule has 1 fully saturated rings. The predicted octanol–water partition coefficient (Wildman–Crippen LogP) is 4.54. The molecule has 1 aliphatic rings. The third-order valence-corrected chi connectivity index (χ3v) is 5.04. The van der Waals surface area contributed by atoms with Gasteiger partial charge in [0, 0.05) is 17.1 Å². The lowest BCUT2D eigenvalue weighted by molar-refractivity contribution is 0.0689. The summed E-state index contributed by atoms with van der Waals surface area (Å²) in [6.07, 6.45) is 1.15. The lowest BCUT2D eigenvalue weighted by Crippen LogP contribution is -2.46. The van der Waals surface area contributed by atoms with Gasteiger partial charge in [0.25, 0.3) is 0 Å². The summed E-state index contributed by atoms with van der Waals surface area (Å²) in [5, 5.41) is 0.993. The Morgan fingerprint density at radius 3 is 2.60 bits per heavy atom. The first kappa shape index (κ1) is 15.8. The minimum Gasteiger partial charge on any atom is -0.293 e. The summed E-state index contributed by atoms with van der Waals surface area (Å²) in [4.78, 5) is 14.9. The second kappa shape index (κ2) is 6.46. The summed E-state index contributed by atoms with van der Waals surface area (Å²) in [5.74, 6) is 1.43. The van der Waals surface area contributed by atoms with Crippen molar-refractivity contribution in [2.75, 3.05) is 13.1 Å². The van der Waals surface area contributed by atoms with Crippen molar-refractivity contribution in [2.24, 2.45) is 11.8 Å². The first-order valence-electron chi connectivity index (χ1n) is 7.13. The molecule has 0 radical (unpaired) electrons. The number of nitrogens with zero attached hydrogens (tertiary/aromatic N) is 1. The highest BCUT2D eigenvalue weighted by Gasteiger charge is 2.30. The molecule has 0 saturated carbocycles. The van der Waals surface area contributed by atoms with Gasteiger partial charge in [-0.05, 0) is 49.9 Å². The SMILES string of the molecule is CC1CCN(C(C)C(=O)c2ccc(Cl)cc2Cl)CC1C. The Labute approximate surface area is 131 Å². The largest absolute Gasteiger partial charge is 0.293 e. The van der Waals surface area contributed by atoms with Crippen LogP contribution in [0.5, 0.6) is 0 Å². The smallest absolute Gasteiger partial charge is 0.181 e. The molecule has 20 heavy (non-hydrogen) atoms. The topological polar surface area (TPSA) is 20.3 Å². The van der Waals surface area contributed by atoms with Crippen LogP contribution in [0.1, 0.15) is 37.6 Å². The molecule has 1 heterocycles. The fourth-order valence-electron chi connectivity index (χ4n) is 2.73. The molecule has 0 spiro atoms. The number of carbonyl (C=O) groups excluding carboxylic acids is 1. The quantitative estimate of drug-likeness (QED) is 0.763. The van der Waals surface area contributed by atoms with Crippen molar-refractivity contribution in [2.45, 2.75) is 33.2 Å². The van der Waals surface area contributed by atoms with Crippen LogP contribution in [0, 0.1) is 11.8 Å². The lowest BCUT2D eigenvalue weighted by atomic mass is 9.87. The molecule has 0 N–H and O–H groups in total. The molecule has 1 aliphatic heterocycles. The maximum absolute atomic E-state index is 12.6. The number of hydrogen-bond donors (Lipinski definition) is 0. The van der Waals surface area contributed by atoms with E-state index in [-0.39, 0.29) is 11.8 Å². The number of ketones is 1. The predicted molar refractivity (Wildman–Crippen MR) is 84.8 cm³/mol. The van der Waals surface area contributed by atoms with Gasteiger partial charge in [-0.15, -0.1) is 0 Å². The van der Waals surface area contributed by atoms with E-state index in [2.05, 4.69) is 18.7 Å². The molecule has 110 valence electrons. The van der Waals surface area contributed by atoms with Gasteiger partial charge in [0.15, 0.2) is 5.78 Å². The van der Waals surface area contributed by atoms with E-state index < -0.39 is 0 Å². The molecule has 1 aromatic carbocycles. The van der Waals surface area contributed by atoms with E-state index in [0.717, 1.165) is 25.4 Å². The van der Waals surface area contributed by atoms with Crippen LogP contribution >= 0.6 is 23.2 Å². The van der Waals surface area contributed by atoms with Gasteiger partial charge in [-0.1, -0.05) is 37.0 Å². The van der Waals surface area contributed by atoms with Gasteiger partial charge in [0.05, 0.1) is 11.1 Å². The Morgan fingerprint density at radius 1 is 1.30 bits per heavy atom. The number of rotatable bonds is 3. The average molecular weight is 314 g/mol. The number of piperidine rings is 1. The Balaban J connectivity index is 2.12. The van der Waals surface area contributed by atoms with E-state index in [9.17, 15) is 4.79 Å². The molecule has 1 aromatic rings. The van der Waals surface area contributed by atoms with E-state index in [1.165, 1.54) is 0 Å². The zero-order valence-electron chi connectivity index (χ0n) is 12.2. The van der Waals surface area contributed by atoms with Crippen LogP contribution < -0.4 is 0 Å². The van der Waals surface area contributed by atoms with E-state index in [1.807, 2.05) is 6.92 Å². The van der Waals surface area contributed by atoms with E-state index in [1.54, 1.807) is 18.2 Å². The zero-order chi connectivity index (χ0) is 14.9. The highest BCUT2D eigenvalue weighted by atomic mass is 35.5. The fourth-order valence-corrected chi connectivity index (χ4v) is 3.23. The van der Waals surface area contributed by atoms with Crippen LogP contribution in [0.3, 0.4) is 0 Å². The highest BCUT2D eigenvalue weighted by molar-refractivity contribution is 6.37. The number of likely N-dealkylation sites (tertiary alicyclic amines) is 1. The monoisotopic (exact) mass is 313 g/mol. The number of Topliss-reactive ketones (excluding diaryl/α,β-unsaturated/α-hetero) is 1. The van der Waals surface area contributed by atoms with Gasteiger partial charge in [-0.25, -0.2) is 0 Å². The van der Waals surface area contributed by atoms with Crippen molar-refractivity contribution in [3.8, 4) is 0 Å². The van der Waals surface area contributed by atoms with Crippen molar-refractivity contribution in [1.82, 2.24) is 4.90 Å². The summed E-state index contributed by atoms with van der Waals surface area (Å²) in [6, 6.07) is 4.93. The van der Waals surface area contributed by atoms with Gasteiger partial charge in [0.2, 0.25) is 0 Å². The maximum atomic E-state index is 12.6. The molecule has 0 aliphatic carbocycles. The molecule has 3 atom stereocenters. The normalized spacial score (nSPS) is 25.4. The van der Waals surface area contributed by atoms with Crippen LogP contribution in [0.4, 0.5) is 0 Å². The van der Waals surface area contributed by atoms with E-state index >= 15 is 0 Å². The Bertz CT molecular complexity index is 503. The third kappa shape index (κ3) is 3.36. The highest BCUT2D eigenvalue weighted by Crippen LogP contribution is 2.27. The molecule has 2 rings (SSSR count). The van der Waals surface area contributed by atoms with Gasteiger partial charge in [-0.2, -0.15) is 0 Å². The van der Waals surface area contributed by atoms with Crippen molar-refractivity contribution < 1.29 is 4.79 Å². The molecular formula is C16H21Cl2NO. The molecule has 1 saturated heterocycles. The Kier molecular flexibility index (Phi) is 5.11. The second-order valence-corrected chi connectivity index (χ2v) is 6.75. The zero-order valence-corrected chi connectivity index (χ0v) is 13.7. The summed E-state index contributed by atoms with van der Waals surface area (Å²) >= 11 is 12.0. The van der Waals surface area contributed by atoms with E-state index in [0.29, 0.717) is 21.5 Å². The first-order chi connectivity index (χ1) is 9.40. The van der Waals surface area contributed by atoms with Crippen molar-refractivity contribution in [3.63, 3.8) is 0 Å². The molecule has 4 heteroatoms. The van der Waals surface area contributed by atoms with E-state index in [4.69, 9.17) is 23.2 Å². The van der Waals surface area contributed by atoms with Crippen LogP contribution in [0.15, 0.2) is 18.2 Å². The molecular weight excluding hydrogens is 293 g/mol. The summed E-state index contributed by atoms with van der Waals surface area (Å²) in [5.41, 5.74) is 0.565. The van der Waals surface area contributed by atoms with Gasteiger partial charge >= 0.3 is 0 Å². The fraction of sp³-hybridized carbons (Fsp3) is 0.562. The van der Waals surface area contributed by atoms with Crippen molar-refractivity contribution in [3.05, 3.63) is 33.8 Å². The number of halogens is 2. The molecule has 0 amide bonds. The lowest BCUT2D eigenvalue weighted by Gasteiger charge is -2.38. The number of benzene rings is 1. The first-order valence-corrected chi connectivity index (χ1v) is 7.89. The average Bonchev–Trinajstić information content (AvgIpc) is 2.40. The van der Waals surface area contributed by atoms with Gasteiger partial charge in [0.1, 0.15) is 0 Å². The number of hydrogen-bond acceptors (Lipinski definition) is 2. The third-order valence-electron chi connectivity index (χ3n) is 4.49. The molecule has 0 bridgehead atoms. The summed E-state index contributed by atoms with van der Waals surface area (Å²) < 4.78 is 0. The maximum Gasteiger partial charge on any atom is 0.181 e. The second-order valence-electron chi connectivity index (χ2n) is 5.90. The minimum atomic E-state index is -0.136. The Hall–Kier alpha value is -0.570. The van der Waals surface area contributed by atoms with Crippen LogP contribution in [-0.4, -0.2) is 29.8 Å². The van der Waals surface area contributed by atoms with Gasteiger partial charge in [-0.3, -0.25) is 9.69 Å². The van der Waals surface area contributed by atoms with Gasteiger partial charge < -0.3 is 0 Å². The number of carbonyl (C=O) groups is 1. The molecule has 0 aromatic heterocycles. The van der Waals surface area contributed by atoms with Crippen molar-refractivity contribution >= 4 is 29.0 Å². The van der Waals surface area contributed by atoms with Crippen LogP contribution in [0.25, 0.3) is 0 Å². The van der Waals surface area contributed by atoms with Crippen molar-refractivity contribution in [1.29, 1.82) is 0 Å². The molecule has 3 unspecified atom stereocenters. The minimum absolute atomic E-state index is 0.0772. The standard InChI is InChI=1S/C16H21Cl2NO/c1-10-6-7-19(9-11(10)2)12(3)16(20)14-5-4-13(17)8-15(14)18/h4-5,8,10-12H,6-7,9H2,1-3H3. The van der Waals surface area contributed by atoms with Crippen LogP contribution in [-0.2, 0) is 0 Å². The summed E-state index contributed by atoms with van der Waals surface area (Å²) in [7, 11) is 0. The summed E-state index contributed by atoms with van der Waals surface area (Å²) in [6.45, 7) is 8.45. The Morgan fingerprint density at radius 2 is 2.00 bits per heavy atom.